The Balaban J connectivity index is 1.66. The third kappa shape index (κ3) is 1.91. The number of rotatable bonds is 3. The van der Waals surface area contributed by atoms with E-state index in [9.17, 15) is 4.79 Å². The summed E-state index contributed by atoms with van der Waals surface area (Å²) in [7, 11) is 1.64. The molecule has 0 saturated heterocycles. The number of carbonyl (C=O) groups excluding carboxylic acids is 1. The van der Waals surface area contributed by atoms with Crippen molar-refractivity contribution in [1.82, 2.24) is 0 Å². The minimum Gasteiger partial charge on any atom is -0.497 e. The van der Waals surface area contributed by atoms with Crippen LogP contribution in [0.15, 0.2) is 59.6 Å². The Labute approximate surface area is 128 Å². The van der Waals surface area contributed by atoms with E-state index in [-0.39, 0.29) is 11.9 Å². The molecule has 4 nitrogen and oxygen atoms in total. The molecule has 4 rings (SSSR count). The number of methoxy groups -OCH3 is 1. The van der Waals surface area contributed by atoms with Crippen LogP contribution in [0.25, 0.3) is 0 Å². The Morgan fingerprint density at radius 3 is 2.77 bits per heavy atom. The molecule has 1 saturated carbocycles. The van der Waals surface area contributed by atoms with Crippen molar-refractivity contribution in [3.63, 3.8) is 0 Å². The van der Waals surface area contributed by atoms with Gasteiger partial charge in [-0.25, -0.2) is 9.79 Å². The predicted octanol–water partition coefficient (Wildman–Crippen LogP) is 2.92. The molecule has 2 atom stereocenters. The van der Waals surface area contributed by atoms with E-state index in [0.717, 1.165) is 16.9 Å². The number of carbonyl (C=O) groups is 1. The largest absolute Gasteiger partial charge is 0.497 e. The first-order valence-electron chi connectivity index (χ1n) is 7.24. The number of esters is 1. The maximum atomic E-state index is 12.3. The van der Waals surface area contributed by atoms with Crippen molar-refractivity contribution in [1.29, 1.82) is 0 Å². The van der Waals surface area contributed by atoms with Crippen molar-refractivity contribution in [2.24, 2.45) is 4.99 Å². The molecule has 1 heterocycles. The molecule has 2 aromatic carbocycles. The fourth-order valence-corrected chi connectivity index (χ4v) is 2.98. The second-order valence-corrected chi connectivity index (χ2v) is 5.63. The van der Waals surface area contributed by atoms with Crippen LogP contribution < -0.4 is 4.74 Å². The molecular weight excluding hydrogens is 278 g/mol. The summed E-state index contributed by atoms with van der Waals surface area (Å²) < 4.78 is 10.7. The average Bonchev–Trinajstić information content (AvgIpc) is 3.21. The molecule has 0 aromatic heterocycles. The minimum atomic E-state index is -0.739. The fourth-order valence-electron chi connectivity index (χ4n) is 2.98. The van der Waals surface area contributed by atoms with Crippen LogP contribution in [0.5, 0.6) is 5.75 Å². The molecule has 2 aromatic rings. The molecule has 0 N–H and O–H groups in total. The van der Waals surface area contributed by atoms with Crippen LogP contribution in [0.3, 0.4) is 0 Å². The maximum absolute atomic E-state index is 12.3. The van der Waals surface area contributed by atoms with Crippen LogP contribution in [0.1, 0.15) is 23.5 Å². The number of nitrogens with zero attached hydrogens (tertiary/aromatic N) is 1. The predicted molar refractivity (Wildman–Crippen MR) is 82.2 cm³/mol. The van der Waals surface area contributed by atoms with Crippen LogP contribution >= 0.6 is 0 Å². The first-order chi connectivity index (χ1) is 10.7. The van der Waals surface area contributed by atoms with Crippen LogP contribution in [0, 0.1) is 0 Å². The van der Waals surface area contributed by atoms with Crippen molar-refractivity contribution in [3.05, 3.63) is 65.7 Å². The highest BCUT2D eigenvalue weighted by molar-refractivity contribution is 6.10. The summed E-state index contributed by atoms with van der Waals surface area (Å²) in [5, 5.41) is 0. The Hall–Kier alpha value is -2.62. The van der Waals surface area contributed by atoms with Gasteiger partial charge < -0.3 is 9.47 Å². The number of cyclic esters (lactones) is 1. The zero-order valence-corrected chi connectivity index (χ0v) is 12.2. The number of hydrogen-bond donors (Lipinski definition) is 0. The molecule has 1 fully saturated rings. The van der Waals surface area contributed by atoms with Crippen molar-refractivity contribution < 1.29 is 14.3 Å². The van der Waals surface area contributed by atoms with Crippen molar-refractivity contribution >= 4 is 11.9 Å². The number of hydrogen-bond acceptors (Lipinski definition) is 4. The fraction of sp³-hybridized carbons (Fsp3) is 0.222. The molecule has 0 bridgehead atoms. The van der Waals surface area contributed by atoms with E-state index in [1.807, 2.05) is 54.6 Å². The van der Waals surface area contributed by atoms with Gasteiger partial charge in [-0.2, -0.15) is 0 Å². The topological polar surface area (TPSA) is 47.9 Å². The van der Waals surface area contributed by atoms with Crippen LogP contribution in [-0.2, 0) is 9.53 Å². The van der Waals surface area contributed by atoms with Crippen molar-refractivity contribution in [2.75, 3.05) is 7.11 Å². The Kier molecular flexibility index (Phi) is 2.79. The lowest BCUT2D eigenvalue weighted by atomic mass is 10.1. The first kappa shape index (κ1) is 13.1. The number of benzene rings is 2. The molecule has 1 aliphatic carbocycles. The van der Waals surface area contributed by atoms with E-state index in [0.29, 0.717) is 12.3 Å². The summed E-state index contributed by atoms with van der Waals surface area (Å²) >= 11 is 0. The quantitative estimate of drug-likeness (QED) is 0.817. The van der Waals surface area contributed by atoms with Gasteiger partial charge >= 0.3 is 5.97 Å². The van der Waals surface area contributed by atoms with Crippen molar-refractivity contribution in [3.8, 4) is 5.75 Å². The summed E-state index contributed by atoms with van der Waals surface area (Å²) in [5.41, 5.74) is 1.16. The molecule has 2 aliphatic rings. The summed E-state index contributed by atoms with van der Waals surface area (Å²) in [4.78, 5) is 16.9. The van der Waals surface area contributed by atoms with Gasteiger partial charge in [-0.3, -0.25) is 0 Å². The second-order valence-electron chi connectivity index (χ2n) is 5.63. The smallest absolute Gasteiger partial charge is 0.341 e. The van der Waals surface area contributed by atoms with Gasteiger partial charge in [0.2, 0.25) is 5.90 Å². The van der Waals surface area contributed by atoms with Crippen LogP contribution in [0.2, 0.25) is 0 Å². The second kappa shape index (κ2) is 4.70. The van der Waals surface area contributed by atoms with Gasteiger partial charge in [-0.05, 0) is 36.2 Å². The lowest BCUT2D eigenvalue weighted by molar-refractivity contribution is -0.136. The zero-order chi connectivity index (χ0) is 15.2. The summed E-state index contributed by atoms with van der Waals surface area (Å²) in [6, 6.07) is 17.3. The highest BCUT2D eigenvalue weighted by Crippen LogP contribution is 2.57. The first-order valence-corrected chi connectivity index (χ1v) is 7.24. The van der Waals surface area contributed by atoms with Crippen molar-refractivity contribution in [2.45, 2.75) is 17.9 Å². The lowest BCUT2D eigenvalue weighted by Crippen LogP contribution is -2.18. The van der Waals surface area contributed by atoms with Gasteiger partial charge in [-0.15, -0.1) is 0 Å². The third-order valence-corrected chi connectivity index (χ3v) is 4.29. The van der Waals surface area contributed by atoms with Crippen LogP contribution in [-0.4, -0.2) is 24.5 Å². The number of aliphatic imine (C=N–C) groups is 1. The molecule has 1 spiro atoms. The molecule has 4 heteroatoms. The monoisotopic (exact) mass is 293 g/mol. The van der Waals surface area contributed by atoms with Gasteiger partial charge in [0.1, 0.15) is 5.75 Å². The Bertz CT molecular complexity index is 769. The lowest BCUT2D eigenvalue weighted by Gasteiger charge is -2.05. The van der Waals surface area contributed by atoms with Gasteiger partial charge in [0.15, 0.2) is 5.54 Å². The highest BCUT2D eigenvalue weighted by atomic mass is 16.6. The van der Waals surface area contributed by atoms with Gasteiger partial charge in [0, 0.05) is 11.5 Å². The molecular formula is C18H15NO3. The zero-order valence-electron chi connectivity index (χ0n) is 12.2. The molecule has 1 aliphatic heterocycles. The van der Waals surface area contributed by atoms with Gasteiger partial charge in [0.25, 0.3) is 0 Å². The summed E-state index contributed by atoms with van der Waals surface area (Å²) in [6.45, 7) is 0. The minimum absolute atomic E-state index is 0.0660. The Morgan fingerprint density at radius 2 is 2.00 bits per heavy atom. The van der Waals surface area contributed by atoms with E-state index < -0.39 is 5.54 Å². The highest BCUT2D eigenvalue weighted by Gasteiger charge is 2.65. The average molecular weight is 293 g/mol. The van der Waals surface area contributed by atoms with E-state index in [1.54, 1.807) is 7.11 Å². The third-order valence-electron chi connectivity index (χ3n) is 4.29. The summed E-state index contributed by atoms with van der Waals surface area (Å²) in [6.07, 6.45) is 0.690. The maximum Gasteiger partial charge on any atom is 0.341 e. The molecule has 0 unspecified atom stereocenters. The summed E-state index contributed by atoms with van der Waals surface area (Å²) in [5.74, 6) is 1.03. The SMILES string of the molecule is COc1cccc([C@@H]2C[C@@]23N=C(c2ccccc2)OC3=O)c1. The van der Waals surface area contributed by atoms with Gasteiger partial charge in [-0.1, -0.05) is 30.3 Å². The molecule has 110 valence electrons. The van der Waals surface area contributed by atoms with E-state index in [2.05, 4.69) is 4.99 Å². The normalized spacial score (nSPS) is 25.8. The molecule has 0 amide bonds. The van der Waals surface area contributed by atoms with Crippen LogP contribution in [0.4, 0.5) is 0 Å². The number of ether oxygens (including phenoxy) is 2. The Morgan fingerprint density at radius 1 is 1.18 bits per heavy atom. The standard InChI is InChI=1S/C18H15NO3/c1-21-14-9-5-8-13(10-14)15-11-18(15)17(20)22-16(19-18)12-6-3-2-4-7-12/h2-10,15H,11H2,1H3/t15-,18+/m0/s1. The van der Waals surface area contributed by atoms with E-state index >= 15 is 0 Å². The van der Waals surface area contributed by atoms with Gasteiger partial charge in [0.05, 0.1) is 7.11 Å². The molecule has 22 heavy (non-hydrogen) atoms. The van der Waals surface area contributed by atoms with E-state index in [4.69, 9.17) is 9.47 Å². The van der Waals surface area contributed by atoms with E-state index in [1.165, 1.54) is 0 Å². The molecule has 0 radical (unpaired) electrons.